The van der Waals surface area contributed by atoms with Crippen molar-refractivity contribution in [1.29, 1.82) is 5.26 Å². The number of benzene rings is 1. The summed E-state index contributed by atoms with van der Waals surface area (Å²) in [6, 6.07) is 12.7. The van der Waals surface area contributed by atoms with Gasteiger partial charge in [-0.3, -0.25) is 0 Å². The van der Waals surface area contributed by atoms with Gasteiger partial charge in [-0.15, -0.1) is 11.3 Å². The molecular weight excluding hydrogens is 426 g/mol. The van der Waals surface area contributed by atoms with Gasteiger partial charge in [-0.2, -0.15) is 5.26 Å². The molecule has 0 amide bonds. The first-order valence-corrected chi connectivity index (χ1v) is 12.3. The third-order valence-corrected chi connectivity index (χ3v) is 6.25. The summed E-state index contributed by atoms with van der Waals surface area (Å²) in [7, 11) is 0. The molecule has 0 atom stereocenters. The fourth-order valence-corrected chi connectivity index (χ4v) is 4.42. The Morgan fingerprint density at radius 1 is 1.24 bits per heavy atom. The quantitative estimate of drug-likeness (QED) is 0.484. The van der Waals surface area contributed by atoms with E-state index < -0.39 is 0 Å². The molecule has 2 heterocycles. The maximum absolute atomic E-state index is 9.40. The smallest absolute Gasteiger partial charge is 0.101 e. The summed E-state index contributed by atoms with van der Waals surface area (Å²) in [5.41, 5.74) is 9.34. The summed E-state index contributed by atoms with van der Waals surface area (Å²) in [5.74, 6) is 0. The Bertz CT molecular complexity index is 1160. The third kappa shape index (κ3) is 7.21. The average Bonchev–Trinajstić information content (AvgIpc) is 3.32. The number of allylic oxidation sites excluding steroid dienone is 4. The van der Waals surface area contributed by atoms with Crippen molar-refractivity contribution in [3.8, 4) is 16.5 Å². The molecule has 0 saturated carbocycles. The van der Waals surface area contributed by atoms with Gasteiger partial charge in [0.05, 0.1) is 18.8 Å². The van der Waals surface area contributed by atoms with E-state index in [-0.39, 0.29) is 0 Å². The van der Waals surface area contributed by atoms with Crippen LogP contribution in [0.15, 0.2) is 59.5 Å². The molecule has 4 nitrogen and oxygen atoms in total. The van der Waals surface area contributed by atoms with Crippen LogP contribution in [0.2, 0.25) is 0 Å². The molecule has 0 aliphatic carbocycles. The fourth-order valence-electron chi connectivity index (χ4n) is 3.48. The highest BCUT2D eigenvalue weighted by Gasteiger charge is 2.11. The van der Waals surface area contributed by atoms with Crippen molar-refractivity contribution < 1.29 is 4.74 Å². The molecule has 1 aliphatic heterocycles. The molecule has 0 bridgehead atoms. The number of nitrogens with two attached hydrogens (primary N) is 1. The van der Waals surface area contributed by atoms with Crippen LogP contribution in [0, 0.1) is 11.3 Å². The highest BCUT2D eigenvalue weighted by atomic mass is 32.1. The van der Waals surface area contributed by atoms with Gasteiger partial charge in [0, 0.05) is 34.2 Å². The van der Waals surface area contributed by atoms with Crippen molar-refractivity contribution in [1.82, 2.24) is 4.90 Å². The predicted octanol–water partition coefficient (Wildman–Crippen LogP) is 5.03. The van der Waals surface area contributed by atoms with Crippen LogP contribution in [0.25, 0.3) is 29.2 Å². The van der Waals surface area contributed by atoms with Crippen molar-refractivity contribution in [3.05, 3.63) is 74.8 Å². The molecule has 0 unspecified atom stereocenters. The molecule has 3 rings (SSSR count). The highest BCUT2D eigenvalue weighted by Crippen LogP contribution is 2.28. The third-order valence-electron chi connectivity index (χ3n) is 5.17. The van der Waals surface area contributed by atoms with E-state index in [9.17, 15) is 5.26 Å². The Hall–Kier alpha value is -3.07. The molecule has 1 aliphatic rings. The van der Waals surface area contributed by atoms with Gasteiger partial charge in [-0.1, -0.05) is 51.6 Å². The molecule has 1 saturated heterocycles. The normalized spacial score (nSPS) is 15.7. The van der Waals surface area contributed by atoms with Crippen LogP contribution in [0.5, 0.6) is 0 Å². The second-order valence-corrected chi connectivity index (χ2v) is 8.43. The van der Waals surface area contributed by atoms with Crippen molar-refractivity contribution >= 4 is 30.1 Å². The molecule has 1 fully saturated rings. The summed E-state index contributed by atoms with van der Waals surface area (Å²) in [6.07, 6.45) is 8.86. The van der Waals surface area contributed by atoms with E-state index in [1.54, 1.807) is 11.3 Å². The topological polar surface area (TPSA) is 62.3 Å². The molecule has 2 aromatic rings. The molecular formula is C28H35N3OS. The van der Waals surface area contributed by atoms with Gasteiger partial charge in [0.15, 0.2) is 0 Å². The molecule has 174 valence electrons. The standard InChI is InChI=1S/C26H29N3OS.C2H6/c1-4-6-25(28)22(18-27)17-24-9-10-26(31-24)21-8-7-20(19(3)15-21)16-23(5-2)29-11-13-30-14-12-29;1-2/h5-10,15-17H,3-4,11-14,28H2,1-2H3;1-2H3/b20-16-,22-17+,23-5+,25-6+;. The van der Waals surface area contributed by atoms with Gasteiger partial charge >= 0.3 is 0 Å². The maximum Gasteiger partial charge on any atom is 0.101 e. The molecule has 1 aromatic heterocycles. The molecule has 1 aromatic carbocycles. The SMILES string of the molecule is C=c1cc(-c2ccc(/C=C(C#N)/C(N)=C\CC)s2)cc/c1=C/C(=C\C)N1CCOCC1.CC. The summed E-state index contributed by atoms with van der Waals surface area (Å²) in [4.78, 5) is 4.49. The van der Waals surface area contributed by atoms with E-state index in [2.05, 4.69) is 60.9 Å². The van der Waals surface area contributed by atoms with Crippen molar-refractivity contribution in [2.24, 2.45) is 5.73 Å². The van der Waals surface area contributed by atoms with E-state index in [1.165, 1.54) is 5.70 Å². The lowest BCUT2D eigenvalue weighted by molar-refractivity contribution is 0.0561. The van der Waals surface area contributed by atoms with Crippen LogP contribution >= 0.6 is 11.3 Å². The van der Waals surface area contributed by atoms with E-state index in [0.717, 1.165) is 58.5 Å². The van der Waals surface area contributed by atoms with E-state index in [4.69, 9.17) is 10.5 Å². The first-order valence-electron chi connectivity index (χ1n) is 11.5. The number of morpholine rings is 1. The summed E-state index contributed by atoms with van der Waals surface area (Å²) >= 11 is 1.64. The molecule has 2 N–H and O–H groups in total. The highest BCUT2D eigenvalue weighted by molar-refractivity contribution is 7.16. The molecule has 5 heteroatoms. The maximum atomic E-state index is 9.40. The first kappa shape index (κ1) is 26.2. The Labute approximate surface area is 202 Å². The predicted molar refractivity (Wildman–Crippen MR) is 143 cm³/mol. The summed E-state index contributed by atoms with van der Waals surface area (Å²) in [5, 5.41) is 11.5. The Balaban J connectivity index is 0.00000187. The number of rotatable bonds is 6. The zero-order chi connectivity index (χ0) is 24.2. The second-order valence-electron chi connectivity index (χ2n) is 7.31. The minimum absolute atomic E-state index is 0.500. The van der Waals surface area contributed by atoms with Crippen LogP contribution in [-0.4, -0.2) is 31.2 Å². The monoisotopic (exact) mass is 461 g/mol. The second kappa shape index (κ2) is 13.5. The minimum atomic E-state index is 0.500. The number of hydrogen-bond acceptors (Lipinski definition) is 5. The molecule has 0 spiro atoms. The lowest BCUT2D eigenvalue weighted by atomic mass is 10.1. The number of ether oxygens (including phenoxy) is 1. The van der Waals surface area contributed by atoms with Crippen LogP contribution in [0.4, 0.5) is 0 Å². The number of nitrogens with zero attached hydrogens (tertiary/aromatic N) is 2. The Morgan fingerprint density at radius 2 is 1.97 bits per heavy atom. The van der Waals surface area contributed by atoms with Gasteiger partial charge < -0.3 is 15.4 Å². The number of thiophene rings is 1. The van der Waals surface area contributed by atoms with Crippen LogP contribution < -0.4 is 16.2 Å². The number of hydrogen-bond donors (Lipinski definition) is 1. The van der Waals surface area contributed by atoms with E-state index >= 15 is 0 Å². The fraction of sp³-hybridized carbons (Fsp3) is 0.321. The van der Waals surface area contributed by atoms with Crippen LogP contribution in [-0.2, 0) is 4.74 Å². The summed E-state index contributed by atoms with van der Waals surface area (Å²) < 4.78 is 5.47. The molecule has 33 heavy (non-hydrogen) atoms. The Morgan fingerprint density at radius 3 is 2.58 bits per heavy atom. The van der Waals surface area contributed by atoms with Crippen molar-refractivity contribution in [3.63, 3.8) is 0 Å². The Kier molecular flexibility index (Phi) is 10.7. The lowest BCUT2D eigenvalue weighted by Gasteiger charge is -2.29. The zero-order valence-corrected chi connectivity index (χ0v) is 21.0. The lowest BCUT2D eigenvalue weighted by Crippen LogP contribution is -2.36. The average molecular weight is 462 g/mol. The molecule has 0 radical (unpaired) electrons. The van der Waals surface area contributed by atoms with Crippen molar-refractivity contribution in [2.45, 2.75) is 34.1 Å². The minimum Gasteiger partial charge on any atom is -0.398 e. The van der Waals surface area contributed by atoms with Crippen LogP contribution in [0.1, 0.15) is 39.0 Å². The van der Waals surface area contributed by atoms with Gasteiger partial charge in [-0.05, 0) is 59.7 Å². The van der Waals surface area contributed by atoms with Gasteiger partial charge in [-0.25, -0.2) is 0 Å². The zero-order valence-electron chi connectivity index (χ0n) is 20.2. The van der Waals surface area contributed by atoms with E-state index in [0.29, 0.717) is 11.3 Å². The van der Waals surface area contributed by atoms with Gasteiger partial charge in [0.2, 0.25) is 0 Å². The van der Waals surface area contributed by atoms with Gasteiger partial charge in [0.1, 0.15) is 6.07 Å². The largest absolute Gasteiger partial charge is 0.398 e. The van der Waals surface area contributed by atoms with Gasteiger partial charge in [0.25, 0.3) is 0 Å². The summed E-state index contributed by atoms with van der Waals surface area (Å²) in [6.45, 7) is 15.7. The number of nitriles is 1. The van der Waals surface area contributed by atoms with Crippen molar-refractivity contribution in [2.75, 3.05) is 26.3 Å². The van der Waals surface area contributed by atoms with E-state index in [1.807, 2.05) is 39.0 Å². The first-order chi connectivity index (χ1) is 16.0. The van der Waals surface area contributed by atoms with Crippen LogP contribution in [0.3, 0.4) is 0 Å².